The Hall–Kier alpha value is -2.35. The molecule has 1 aliphatic heterocycles. The van der Waals surface area contributed by atoms with Gasteiger partial charge in [0.05, 0.1) is 6.61 Å². The van der Waals surface area contributed by atoms with Crippen LogP contribution in [0.3, 0.4) is 0 Å². The molecule has 2 fully saturated rings. The molecule has 1 heterocycles. The first kappa shape index (κ1) is 21.9. The molecule has 28 heavy (non-hydrogen) atoms. The van der Waals surface area contributed by atoms with Gasteiger partial charge in [0.15, 0.2) is 11.6 Å². The van der Waals surface area contributed by atoms with E-state index in [2.05, 4.69) is 10.6 Å². The Labute approximate surface area is 164 Å². The van der Waals surface area contributed by atoms with Crippen LogP contribution < -0.4 is 15.4 Å². The molecule has 1 aromatic rings. The van der Waals surface area contributed by atoms with Crippen molar-refractivity contribution in [1.82, 2.24) is 10.6 Å². The minimum atomic E-state index is -1.83. The Morgan fingerprint density at radius 2 is 1.75 bits per heavy atom. The number of hydrogen-bond donors (Lipinski definition) is 4. The number of nitrogens with one attached hydrogen (secondary N) is 2. The Morgan fingerprint density at radius 3 is 2.36 bits per heavy atom. The molecule has 8 heteroatoms. The fourth-order valence-electron chi connectivity index (χ4n) is 3.53. The van der Waals surface area contributed by atoms with Crippen molar-refractivity contribution in [3.63, 3.8) is 0 Å². The quantitative estimate of drug-likeness (QED) is 0.607. The number of ether oxygens (including phenoxy) is 1. The Balaban J connectivity index is 0.000000640. The van der Waals surface area contributed by atoms with Gasteiger partial charge < -0.3 is 25.6 Å². The molecular weight excluding hydrogens is 367 g/mol. The Bertz CT molecular complexity index is 639. The normalized spacial score (nSPS) is 17.9. The maximum atomic E-state index is 14.2. The van der Waals surface area contributed by atoms with Crippen molar-refractivity contribution in [2.24, 2.45) is 5.92 Å². The number of carboxylic acid groups (broad SMARTS) is 2. The predicted molar refractivity (Wildman–Crippen MR) is 102 cm³/mol. The van der Waals surface area contributed by atoms with Gasteiger partial charge in [-0.1, -0.05) is 19.3 Å². The van der Waals surface area contributed by atoms with E-state index in [1.54, 1.807) is 12.1 Å². The number of carbonyl (C=O) groups is 2. The van der Waals surface area contributed by atoms with E-state index in [0.29, 0.717) is 18.1 Å². The molecule has 0 atom stereocenters. The molecule has 7 nitrogen and oxygen atoms in total. The zero-order chi connectivity index (χ0) is 20.4. The van der Waals surface area contributed by atoms with Gasteiger partial charge in [0, 0.05) is 11.6 Å². The summed E-state index contributed by atoms with van der Waals surface area (Å²) < 4.78 is 19.9. The lowest BCUT2D eigenvalue weighted by atomic mass is 9.95. The average Bonchev–Trinajstić information content (AvgIpc) is 2.68. The van der Waals surface area contributed by atoms with Crippen molar-refractivity contribution in [1.29, 1.82) is 0 Å². The summed E-state index contributed by atoms with van der Waals surface area (Å²) in [4.78, 5) is 20.8. The molecular formula is C20H29FN2O5. The smallest absolute Gasteiger partial charge is 0.490 e. The monoisotopic (exact) mass is 396 g/mol. The van der Waals surface area contributed by atoms with Crippen LogP contribution in [0.1, 0.15) is 55.3 Å². The van der Waals surface area contributed by atoms with Gasteiger partial charge in [0.1, 0.15) is 0 Å². The minimum Gasteiger partial charge on any atom is -0.490 e. The predicted octanol–water partition coefficient (Wildman–Crippen LogP) is 3.49. The van der Waals surface area contributed by atoms with Crippen LogP contribution in [0.2, 0.25) is 0 Å². The lowest BCUT2D eigenvalue weighted by Gasteiger charge is -2.23. The zero-order valence-electron chi connectivity index (χ0n) is 16.0. The first-order valence-electron chi connectivity index (χ1n) is 9.81. The van der Waals surface area contributed by atoms with Gasteiger partial charge in [-0.15, -0.1) is 0 Å². The fraction of sp³-hybridized carbons (Fsp3) is 0.600. The largest absolute Gasteiger partial charge is 0.503 e. The highest BCUT2D eigenvalue weighted by Gasteiger charge is 2.18. The van der Waals surface area contributed by atoms with E-state index in [1.807, 2.05) is 0 Å². The highest BCUT2D eigenvalue weighted by molar-refractivity contribution is 5.94. The molecule has 0 unspecified atom stereocenters. The highest BCUT2D eigenvalue weighted by Crippen LogP contribution is 2.22. The van der Waals surface area contributed by atoms with Crippen LogP contribution in [0, 0.1) is 11.7 Å². The van der Waals surface area contributed by atoms with Crippen molar-refractivity contribution < 1.29 is 28.9 Å². The van der Waals surface area contributed by atoms with Gasteiger partial charge in [-0.3, -0.25) is 4.79 Å². The van der Waals surface area contributed by atoms with E-state index in [9.17, 15) is 9.18 Å². The van der Waals surface area contributed by atoms with Crippen molar-refractivity contribution in [3.8, 4) is 5.75 Å². The third-order valence-corrected chi connectivity index (χ3v) is 5.07. The van der Waals surface area contributed by atoms with Gasteiger partial charge in [-0.05, 0) is 62.9 Å². The summed E-state index contributed by atoms with van der Waals surface area (Å²) >= 11 is 0. The summed E-state index contributed by atoms with van der Waals surface area (Å²) in [6, 6.07) is 4.74. The molecule has 0 spiro atoms. The summed E-state index contributed by atoms with van der Waals surface area (Å²) in [6.07, 6.45) is 5.87. The number of benzene rings is 1. The summed E-state index contributed by atoms with van der Waals surface area (Å²) in [5.74, 6) is 0.0635. The van der Waals surface area contributed by atoms with Crippen LogP contribution >= 0.6 is 0 Å². The number of halogens is 1. The number of carbonyl (C=O) groups excluding carboxylic acids is 1. The third-order valence-electron chi connectivity index (χ3n) is 5.07. The molecule has 4 N–H and O–H groups in total. The first-order chi connectivity index (χ1) is 13.5. The second-order valence-corrected chi connectivity index (χ2v) is 7.24. The van der Waals surface area contributed by atoms with Gasteiger partial charge in [0.2, 0.25) is 0 Å². The van der Waals surface area contributed by atoms with E-state index in [4.69, 9.17) is 19.7 Å². The van der Waals surface area contributed by atoms with Crippen LogP contribution in [-0.2, 0) is 0 Å². The molecule has 1 saturated carbocycles. The summed E-state index contributed by atoms with van der Waals surface area (Å²) in [6.45, 7) is 2.53. The number of amides is 1. The molecule has 0 aromatic heterocycles. The SMILES string of the molecule is O=C(NC1CCCCC1)c1ccc(OCC2CCNCC2)c(F)c1.O=C(O)O. The molecule has 2 aliphatic rings. The summed E-state index contributed by atoms with van der Waals surface area (Å²) in [5.41, 5.74) is 0.368. The van der Waals surface area contributed by atoms with Crippen molar-refractivity contribution in [3.05, 3.63) is 29.6 Å². The Kier molecular flexibility index (Phi) is 9.00. The maximum Gasteiger partial charge on any atom is 0.503 e. The molecule has 1 amide bonds. The van der Waals surface area contributed by atoms with Crippen LogP contribution in [0.5, 0.6) is 5.75 Å². The Morgan fingerprint density at radius 1 is 1.11 bits per heavy atom. The molecule has 1 aliphatic carbocycles. The standard InChI is InChI=1S/C19H27FN2O2.CH2O3/c20-17-12-15(19(23)22-16-4-2-1-3-5-16)6-7-18(17)24-13-14-8-10-21-11-9-14;2-1(3)4/h6-7,12,14,16,21H,1-5,8-11,13H2,(H,22,23);(H2,2,3,4). The van der Waals surface area contributed by atoms with Crippen molar-refractivity contribution in [2.45, 2.75) is 51.0 Å². The van der Waals surface area contributed by atoms with E-state index in [-0.39, 0.29) is 17.7 Å². The van der Waals surface area contributed by atoms with E-state index in [1.165, 1.54) is 12.5 Å². The second-order valence-electron chi connectivity index (χ2n) is 7.24. The van der Waals surface area contributed by atoms with Crippen LogP contribution in [0.15, 0.2) is 18.2 Å². The average molecular weight is 396 g/mol. The van der Waals surface area contributed by atoms with Gasteiger partial charge in [-0.2, -0.15) is 0 Å². The maximum absolute atomic E-state index is 14.2. The topological polar surface area (TPSA) is 108 Å². The molecule has 3 rings (SSSR count). The number of rotatable bonds is 5. The van der Waals surface area contributed by atoms with Gasteiger partial charge in [0.25, 0.3) is 5.91 Å². The van der Waals surface area contributed by atoms with Crippen molar-refractivity contribution in [2.75, 3.05) is 19.7 Å². The van der Waals surface area contributed by atoms with Crippen molar-refractivity contribution >= 4 is 12.1 Å². The first-order valence-corrected chi connectivity index (χ1v) is 9.81. The molecule has 1 aromatic carbocycles. The fourth-order valence-corrected chi connectivity index (χ4v) is 3.53. The number of hydrogen-bond acceptors (Lipinski definition) is 4. The van der Waals surface area contributed by atoms with Crippen LogP contribution in [-0.4, -0.2) is 48.0 Å². The van der Waals surface area contributed by atoms with E-state index in [0.717, 1.165) is 51.6 Å². The molecule has 0 radical (unpaired) electrons. The third kappa shape index (κ3) is 7.72. The number of piperidine rings is 1. The lowest BCUT2D eigenvalue weighted by Crippen LogP contribution is -2.36. The van der Waals surface area contributed by atoms with Gasteiger partial charge in [-0.25, -0.2) is 9.18 Å². The van der Waals surface area contributed by atoms with Crippen LogP contribution in [0.4, 0.5) is 9.18 Å². The van der Waals surface area contributed by atoms with Crippen LogP contribution in [0.25, 0.3) is 0 Å². The zero-order valence-corrected chi connectivity index (χ0v) is 16.0. The molecule has 0 bridgehead atoms. The minimum absolute atomic E-state index is 0.189. The molecule has 1 saturated heterocycles. The molecule has 156 valence electrons. The summed E-state index contributed by atoms with van der Waals surface area (Å²) in [5, 5.41) is 20.3. The van der Waals surface area contributed by atoms with E-state index < -0.39 is 12.0 Å². The highest BCUT2D eigenvalue weighted by atomic mass is 19.1. The lowest BCUT2D eigenvalue weighted by molar-refractivity contribution is 0.0927. The van der Waals surface area contributed by atoms with Gasteiger partial charge >= 0.3 is 6.16 Å². The summed E-state index contributed by atoms with van der Waals surface area (Å²) in [7, 11) is 0. The van der Waals surface area contributed by atoms with E-state index >= 15 is 0 Å². The second kappa shape index (κ2) is 11.5.